The van der Waals surface area contributed by atoms with Gasteiger partial charge in [0.15, 0.2) is 5.96 Å². The molecule has 0 aliphatic heterocycles. The standard InChI is InChI=1S/C16H20N4OS.HI/c1-12(21)20-14-5-2-4-13(10-14)11-19-16(17)18-8-7-15-6-3-9-22-15;/h2-6,9-10H,7-8,11H2,1H3,(H,20,21)(H3,17,18,19);1H. The molecule has 124 valence electrons. The Bertz CT molecular complexity index is 643. The van der Waals surface area contributed by atoms with E-state index in [-0.39, 0.29) is 29.9 Å². The summed E-state index contributed by atoms with van der Waals surface area (Å²) in [6.07, 6.45) is 0.936. The first-order chi connectivity index (χ1) is 10.6. The topological polar surface area (TPSA) is 79.5 Å². The number of amides is 1. The third kappa shape index (κ3) is 7.47. The number of halogens is 1. The minimum absolute atomic E-state index is 0. The van der Waals surface area contributed by atoms with Crippen molar-refractivity contribution in [3.63, 3.8) is 0 Å². The summed E-state index contributed by atoms with van der Waals surface area (Å²) in [6, 6.07) is 11.7. The van der Waals surface area contributed by atoms with Crippen LogP contribution < -0.4 is 16.4 Å². The third-order valence-electron chi connectivity index (χ3n) is 2.94. The molecule has 1 aromatic carbocycles. The van der Waals surface area contributed by atoms with Crippen LogP contribution in [-0.2, 0) is 17.8 Å². The Morgan fingerprint density at radius 2 is 2.13 bits per heavy atom. The van der Waals surface area contributed by atoms with E-state index in [1.54, 1.807) is 11.3 Å². The molecular formula is C16H21IN4OS. The molecule has 1 aromatic heterocycles. The van der Waals surface area contributed by atoms with Gasteiger partial charge < -0.3 is 16.4 Å². The highest BCUT2D eigenvalue weighted by atomic mass is 127. The molecule has 0 saturated heterocycles. The minimum atomic E-state index is -0.0876. The Morgan fingerprint density at radius 3 is 2.83 bits per heavy atom. The summed E-state index contributed by atoms with van der Waals surface area (Å²) < 4.78 is 0. The van der Waals surface area contributed by atoms with Crippen LogP contribution in [0.2, 0.25) is 0 Å². The average Bonchev–Trinajstić information content (AvgIpc) is 2.98. The second kappa shape index (κ2) is 10.2. The first kappa shape index (κ1) is 19.4. The lowest BCUT2D eigenvalue weighted by molar-refractivity contribution is -0.114. The fraction of sp³-hybridized carbons (Fsp3) is 0.250. The largest absolute Gasteiger partial charge is 0.370 e. The summed E-state index contributed by atoms with van der Waals surface area (Å²) in [5.74, 6) is 0.344. The highest BCUT2D eigenvalue weighted by Gasteiger charge is 1.99. The zero-order valence-corrected chi connectivity index (χ0v) is 16.1. The predicted molar refractivity (Wildman–Crippen MR) is 108 cm³/mol. The maximum absolute atomic E-state index is 11.0. The second-order valence-corrected chi connectivity index (χ2v) is 5.87. The van der Waals surface area contributed by atoms with E-state index in [2.05, 4.69) is 27.1 Å². The Morgan fingerprint density at radius 1 is 1.30 bits per heavy atom. The molecule has 0 saturated carbocycles. The number of hydrogen-bond acceptors (Lipinski definition) is 3. The molecule has 0 unspecified atom stereocenters. The van der Waals surface area contributed by atoms with Gasteiger partial charge in [0.1, 0.15) is 0 Å². The number of benzene rings is 1. The molecular weight excluding hydrogens is 423 g/mol. The van der Waals surface area contributed by atoms with Gasteiger partial charge in [0, 0.05) is 24.0 Å². The van der Waals surface area contributed by atoms with Gasteiger partial charge >= 0.3 is 0 Å². The van der Waals surface area contributed by atoms with Crippen LogP contribution in [0.15, 0.2) is 46.8 Å². The molecule has 1 heterocycles. The van der Waals surface area contributed by atoms with Crippen molar-refractivity contribution in [3.8, 4) is 0 Å². The second-order valence-electron chi connectivity index (χ2n) is 4.84. The molecule has 0 bridgehead atoms. The van der Waals surface area contributed by atoms with Crippen molar-refractivity contribution in [2.24, 2.45) is 10.7 Å². The molecule has 5 nitrogen and oxygen atoms in total. The molecule has 0 aliphatic rings. The molecule has 4 N–H and O–H groups in total. The number of nitrogens with zero attached hydrogens (tertiary/aromatic N) is 1. The number of aliphatic imine (C=N–C) groups is 1. The first-order valence-corrected chi connectivity index (χ1v) is 7.94. The van der Waals surface area contributed by atoms with Crippen LogP contribution in [0.4, 0.5) is 5.69 Å². The molecule has 1 amide bonds. The van der Waals surface area contributed by atoms with Crippen LogP contribution in [0.1, 0.15) is 17.4 Å². The summed E-state index contributed by atoms with van der Waals surface area (Å²) in [4.78, 5) is 16.7. The maximum Gasteiger partial charge on any atom is 0.221 e. The van der Waals surface area contributed by atoms with Crippen molar-refractivity contribution >= 4 is 52.9 Å². The van der Waals surface area contributed by atoms with Gasteiger partial charge in [-0.1, -0.05) is 18.2 Å². The highest BCUT2D eigenvalue weighted by molar-refractivity contribution is 14.0. The van der Waals surface area contributed by atoms with Crippen molar-refractivity contribution in [1.29, 1.82) is 0 Å². The number of nitrogens with two attached hydrogens (primary N) is 1. The van der Waals surface area contributed by atoms with Crippen molar-refractivity contribution in [1.82, 2.24) is 5.32 Å². The van der Waals surface area contributed by atoms with E-state index < -0.39 is 0 Å². The quantitative estimate of drug-likeness (QED) is 0.364. The Labute approximate surface area is 157 Å². The Hall–Kier alpha value is -1.61. The Balaban J connectivity index is 0.00000264. The van der Waals surface area contributed by atoms with E-state index in [9.17, 15) is 4.79 Å². The van der Waals surface area contributed by atoms with E-state index >= 15 is 0 Å². The van der Waals surface area contributed by atoms with Crippen LogP contribution >= 0.6 is 35.3 Å². The van der Waals surface area contributed by atoms with Gasteiger partial charge in [-0.2, -0.15) is 0 Å². The summed E-state index contributed by atoms with van der Waals surface area (Å²) in [7, 11) is 0. The maximum atomic E-state index is 11.0. The molecule has 2 rings (SSSR count). The lowest BCUT2D eigenvalue weighted by Crippen LogP contribution is -2.33. The fourth-order valence-corrected chi connectivity index (χ4v) is 2.66. The summed E-state index contributed by atoms with van der Waals surface area (Å²) in [5, 5.41) is 7.92. The molecule has 0 spiro atoms. The van der Waals surface area contributed by atoms with Crippen LogP contribution in [0.5, 0.6) is 0 Å². The number of guanidine groups is 1. The molecule has 0 atom stereocenters. The number of nitrogens with one attached hydrogen (secondary N) is 2. The lowest BCUT2D eigenvalue weighted by atomic mass is 10.2. The van der Waals surface area contributed by atoms with Crippen LogP contribution in [0, 0.1) is 0 Å². The van der Waals surface area contributed by atoms with Gasteiger partial charge in [-0.25, -0.2) is 4.99 Å². The number of rotatable bonds is 6. The molecule has 23 heavy (non-hydrogen) atoms. The average molecular weight is 444 g/mol. The minimum Gasteiger partial charge on any atom is -0.370 e. The van der Waals surface area contributed by atoms with Crippen molar-refractivity contribution in [2.45, 2.75) is 19.9 Å². The summed E-state index contributed by atoms with van der Waals surface area (Å²) >= 11 is 1.74. The number of anilines is 1. The van der Waals surface area contributed by atoms with Gasteiger partial charge in [0.2, 0.25) is 5.91 Å². The summed E-state index contributed by atoms with van der Waals surface area (Å²) in [5.41, 5.74) is 7.62. The Kier molecular flexibility index (Phi) is 8.64. The molecule has 7 heteroatoms. The van der Waals surface area contributed by atoms with Gasteiger partial charge in [-0.05, 0) is 35.6 Å². The number of hydrogen-bond donors (Lipinski definition) is 3. The molecule has 0 radical (unpaired) electrons. The predicted octanol–water partition coefficient (Wildman–Crippen LogP) is 2.97. The van der Waals surface area contributed by atoms with Crippen molar-refractivity contribution in [3.05, 3.63) is 52.2 Å². The molecule has 0 aliphatic carbocycles. The van der Waals surface area contributed by atoms with E-state index in [0.717, 1.165) is 24.2 Å². The van der Waals surface area contributed by atoms with Crippen LogP contribution in [0.25, 0.3) is 0 Å². The smallest absolute Gasteiger partial charge is 0.221 e. The molecule has 2 aromatic rings. The molecule has 0 fully saturated rings. The van der Waals surface area contributed by atoms with Crippen molar-refractivity contribution in [2.75, 3.05) is 11.9 Å². The van der Waals surface area contributed by atoms with E-state index in [0.29, 0.717) is 12.5 Å². The van der Waals surface area contributed by atoms with Gasteiger partial charge in [0.25, 0.3) is 0 Å². The highest BCUT2D eigenvalue weighted by Crippen LogP contribution is 2.11. The zero-order chi connectivity index (χ0) is 15.8. The SMILES string of the molecule is CC(=O)Nc1cccc(CN=C(N)NCCc2cccs2)c1.I. The first-order valence-electron chi connectivity index (χ1n) is 7.06. The van der Waals surface area contributed by atoms with E-state index in [1.807, 2.05) is 30.3 Å². The van der Waals surface area contributed by atoms with Crippen LogP contribution in [-0.4, -0.2) is 18.4 Å². The summed E-state index contributed by atoms with van der Waals surface area (Å²) in [6.45, 7) is 2.73. The zero-order valence-electron chi connectivity index (χ0n) is 12.9. The van der Waals surface area contributed by atoms with Crippen LogP contribution in [0.3, 0.4) is 0 Å². The normalized spacial score (nSPS) is 10.7. The van der Waals surface area contributed by atoms with E-state index in [1.165, 1.54) is 11.8 Å². The number of carbonyl (C=O) groups is 1. The number of thiophene rings is 1. The lowest BCUT2D eigenvalue weighted by Gasteiger charge is -2.06. The monoisotopic (exact) mass is 444 g/mol. The van der Waals surface area contributed by atoms with Gasteiger partial charge in [-0.3, -0.25) is 4.79 Å². The number of carbonyl (C=O) groups excluding carboxylic acids is 1. The fourth-order valence-electron chi connectivity index (χ4n) is 1.95. The van der Waals surface area contributed by atoms with Gasteiger partial charge in [0.05, 0.1) is 6.54 Å². The van der Waals surface area contributed by atoms with E-state index in [4.69, 9.17) is 5.73 Å². The van der Waals surface area contributed by atoms with Crippen molar-refractivity contribution < 1.29 is 4.79 Å². The third-order valence-corrected chi connectivity index (χ3v) is 3.87. The van der Waals surface area contributed by atoms with Gasteiger partial charge in [-0.15, -0.1) is 35.3 Å².